The first-order valence-electron chi connectivity index (χ1n) is 5.89. The topological polar surface area (TPSA) is 45.9 Å². The van der Waals surface area contributed by atoms with Gasteiger partial charge in [0.15, 0.2) is 0 Å². The van der Waals surface area contributed by atoms with Crippen LogP contribution in [0.1, 0.15) is 23.7 Å². The molecule has 0 aliphatic heterocycles. The minimum atomic E-state index is 0.417. The molecule has 1 heterocycles. The molecule has 0 aliphatic carbocycles. The van der Waals surface area contributed by atoms with Gasteiger partial charge in [0.2, 0.25) is 0 Å². The average Bonchev–Trinajstić information content (AvgIpc) is 2.45. The highest BCUT2D eigenvalue weighted by Gasteiger charge is 2.02. The van der Waals surface area contributed by atoms with Gasteiger partial charge >= 0.3 is 0 Å². The summed E-state index contributed by atoms with van der Waals surface area (Å²) >= 11 is 0. The zero-order valence-corrected chi connectivity index (χ0v) is 10.3. The number of hydrogen-bond donors (Lipinski definition) is 0. The van der Waals surface area contributed by atoms with Crippen LogP contribution in [0, 0.1) is 11.3 Å². The Morgan fingerprint density at radius 3 is 2.89 bits per heavy atom. The molecule has 0 amide bonds. The van der Waals surface area contributed by atoms with Gasteiger partial charge < -0.3 is 4.74 Å². The Bertz CT molecular complexity index is 573. The Balaban J connectivity index is 2.09. The van der Waals surface area contributed by atoms with E-state index in [0.29, 0.717) is 12.3 Å². The number of rotatable bonds is 4. The van der Waals surface area contributed by atoms with Crippen LogP contribution >= 0.6 is 0 Å². The summed E-state index contributed by atoms with van der Waals surface area (Å²) in [5, 5.41) is 8.78. The molecule has 0 bridgehead atoms. The Morgan fingerprint density at radius 2 is 2.11 bits per heavy atom. The highest BCUT2D eigenvalue weighted by atomic mass is 16.5. The normalized spacial score (nSPS) is 9.78. The molecule has 0 N–H and O–H groups in total. The van der Waals surface area contributed by atoms with E-state index in [0.717, 1.165) is 17.7 Å². The van der Waals surface area contributed by atoms with Gasteiger partial charge in [-0.2, -0.15) is 5.26 Å². The van der Waals surface area contributed by atoms with Crippen LogP contribution in [0.15, 0.2) is 42.6 Å². The lowest BCUT2D eigenvalue weighted by atomic mass is 10.1. The van der Waals surface area contributed by atoms with Crippen molar-refractivity contribution < 1.29 is 4.74 Å². The van der Waals surface area contributed by atoms with E-state index in [9.17, 15) is 0 Å². The fourth-order valence-electron chi connectivity index (χ4n) is 1.72. The lowest BCUT2D eigenvalue weighted by Crippen LogP contribution is -1.99. The fourth-order valence-corrected chi connectivity index (χ4v) is 1.72. The molecule has 90 valence electrons. The van der Waals surface area contributed by atoms with Crippen molar-refractivity contribution in [1.82, 2.24) is 4.98 Å². The van der Waals surface area contributed by atoms with Crippen molar-refractivity contribution >= 4 is 0 Å². The molecule has 2 rings (SSSR count). The van der Waals surface area contributed by atoms with Crippen LogP contribution in [0.2, 0.25) is 0 Å². The molecule has 0 saturated heterocycles. The van der Waals surface area contributed by atoms with Crippen molar-refractivity contribution in [2.75, 3.05) is 0 Å². The number of ether oxygens (including phenoxy) is 1. The SMILES string of the molecule is CCc1ccccc1OCc1ccnc(C#N)c1. The van der Waals surface area contributed by atoms with Crippen molar-refractivity contribution in [1.29, 1.82) is 5.26 Å². The summed E-state index contributed by atoms with van der Waals surface area (Å²) in [7, 11) is 0. The quantitative estimate of drug-likeness (QED) is 0.822. The van der Waals surface area contributed by atoms with Gasteiger partial charge in [-0.15, -0.1) is 0 Å². The molecule has 0 fully saturated rings. The number of hydrogen-bond acceptors (Lipinski definition) is 3. The third kappa shape index (κ3) is 2.86. The monoisotopic (exact) mass is 238 g/mol. The molecule has 0 saturated carbocycles. The lowest BCUT2D eigenvalue weighted by Gasteiger charge is -2.10. The van der Waals surface area contributed by atoms with Crippen molar-refractivity contribution in [3.63, 3.8) is 0 Å². The lowest BCUT2D eigenvalue weighted by molar-refractivity contribution is 0.303. The molecule has 0 unspecified atom stereocenters. The van der Waals surface area contributed by atoms with Crippen LogP contribution in [0.3, 0.4) is 0 Å². The molecule has 3 nitrogen and oxygen atoms in total. The minimum Gasteiger partial charge on any atom is -0.489 e. The molecule has 3 heteroatoms. The van der Waals surface area contributed by atoms with Gasteiger partial charge in [0.05, 0.1) is 0 Å². The molecular formula is C15H14N2O. The molecule has 0 atom stereocenters. The second kappa shape index (κ2) is 5.83. The predicted octanol–water partition coefficient (Wildman–Crippen LogP) is 3.09. The summed E-state index contributed by atoms with van der Waals surface area (Å²) in [5.41, 5.74) is 2.55. The summed E-state index contributed by atoms with van der Waals surface area (Å²) in [5.74, 6) is 0.898. The fraction of sp³-hybridized carbons (Fsp3) is 0.200. The molecule has 0 aliphatic rings. The number of benzene rings is 1. The molecule has 1 aromatic heterocycles. The molecule has 0 spiro atoms. The van der Waals surface area contributed by atoms with E-state index >= 15 is 0 Å². The number of nitrogens with zero attached hydrogens (tertiary/aromatic N) is 2. The van der Waals surface area contributed by atoms with Gasteiger partial charge in [-0.25, -0.2) is 4.98 Å². The summed E-state index contributed by atoms with van der Waals surface area (Å²) in [6.45, 7) is 2.55. The smallest absolute Gasteiger partial charge is 0.140 e. The highest BCUT2D eigenvalue weighted by molar-refractivity contribution is 5.33. The summed E-state index contributed by atoms with van der Waals surface area (Å²) < 4.78 is 5.78. The van der Waals surface area contributed by atoms with Gasteiger partial charge in [-0.1, -0.05) is 25.1 Å². The van der Waals surface area contributed by atoms with E-state index in [1.54, 1.807) is 12.3 Å². The van der Waals surface area contributed by atoms with Crippen molar-refractivity contribution in [3.05, 3.63) is 59.4 Å². The van der Waals surface area contributed by atoms with Crippen LogP contribution in [0.5, 0.6) is 5.75 Å². The van der Waals surface area contributed by atoms with E-state index in [2.05, 4.69) is 18.0 Å². The van der Waals surface area contributed by atoms with Crippen LogP contribution < -0.4 is 4.74 Å². The summed E-state index contributed by atoms with van der Waals surface area (Å²) in [4.78, 5) is 3.93. The van der Waals surface area contributed by atoms with Gasteiger partial charge in [0.1, 0.15) is 24.1 Å². The summed E-state index contributed by atoms with van der Waals surface area (Å²) in [6, 6.07) is 13.6. The zero-order chi connectivity index (χ0) is 12.8. The van der Waals surface area contributed by atoms with Crippen LogP contribution in [-0.2, 0) is 13.0 Å². The molecular weight excluding hydrogens is 224 g/mol. The minimum absolute atomic E-state index is 0.417. The number of pyridine rings is 1. The van der Waals surface area contributed by atoms with Gasteiger partial charge in [-0.05, 0) is 35.7 Å². The number of nitriles is 1. The summed E-state index contributed by atoms with van der Waals surface area (Å²) in [6.07, 6.45) is 2.57. The van der Waals surface area contributed by atoms with Gasteiger partial charge in [0, 0.05) is 6.20 Å². The molecule has 0 radical (unpaired) electrons. The standard InChI is InChI=1S/C15H14N2O/c1-2-13-5-3-4-6-15(13)18-11-12-7-8-17-14(9-12)10-16/h3-9H,2,11H2,1H3. The average molecular weight is 238 g/mol. The van der Waals surface area contributed by atoms with Gasteiger partial charge in [0.25, 0.3) is 0 Å². The predicted molar refractivity (Wildman–Crippen MR) is 69.1 cm³/mol. The Morgan fingerprint density at radius 1 is 1.28 bits per heavy atom. The van der Waals surface area contributed by atoms with E-state index in [-0.39, 0.29) is 0 Å². The maximum Gasteiger partial charge on any atom is 0.140 e. The Hall–Kier alpha value is -2.34. The zero-order valence-electron chi connectivity index (χ0n) is 10.3. The van der Waals surface area contributed by atoms with Crippen LogP contribution in [0.25, 0.3) is 0 Å². The first-order valence-corrected chi connectivity index (χ1v) is 5.89. The van der Waals surface area contributed by atoms with Crippen molar-refractivity contribution in [3.8, 4) is 11.8 Å². The number of aromatic nitrogens is 1. The third-order valence-electron chi connectivity index (χ3n) is 2.69. The van der Waals surface area contributed by atoms with Crippen LogP contribution in [-0.4, -0.2) is 4.98 Å². The number of aryl methyl sites for hydroxylation is 1. The molecule has 2 aromatic rings. The van der Waals surface area contributed by atoms with Gasteiger partial charge in [-0.3, -0.25) is 0 Å². The largest absolute Gasteiger partial charge is 0.489 e. The third-order valence-corrected chi connectivity index (χ3v) is 2.69. The molecule has 18 heavy (non-hydrogen) atoms. The van der Waals surface area contributed by atoms with E-state index in [1.807, 2.05) is 30.3 Å². The Kier molecular flexibility index (Phi) is 3.93. The van der Waals surface area contributed by atoms with E-state index in [4.69, 9.17) is 10.00 Å². The first-order chi connectivity index (χ1) is 8.83. The van der Waals surface area contributed by atoms with E-state index in [1.165, 1.54) is 5.56 Å². The van der Waals surface area contributed by atoms with Crippen LogP contribution in [0.4, 0.5) is 0 Å². The molecule has 1 aromatic carbocycles. The number of para-hydroxylation sites is 1. The van der Waals surface area contributed by atoms with Crippen molar-refractivity contribution in [2.45, 2.75) is 20.0 Å². The highest BCUT2D eigenvalue weighted by Crippen LogP contribution is 2.19. The van der Waals surface area contributed by atoms with Crippen molar-refractivity contribution in [2.24, 2.45) is 0 Å². The van der Waals surface area contributed by atoms with E-state index < -0.39 is 0 Å². The second-order valence-corrected chi connectivity index (χ2v) is 3.91. The second-order valence-electron chi connectivity index (χ2n) is 3.91. The maximum absolute atomic E-state index is 8.78. The Labute approximate surface area is 107 Å². The maximum atomic E-state index is 8.78. The first kappa shape index (κ1) is 12.1.